The lowest BCUT2D eigenvalue weighted by molar-refractivity contribution is 0.454. The van der Waals surface area contributed by atoms with E-state index >= 15 is 0 Å². The first kappa shape index (κ1) is 14.2. The summed E-state index contributed by atoms with van der Waals surface area (Å²) < 4.78 is 19.9. The van der Waals surface area contributed by atoms with Crippen molar-refractivity contribution < 1.29 is 9.13 Å². The molecule has 0 atom stereocenters. The van der Waals surface area contributed by atoms with Crippen LogP contribution in [0.1, 0.15) is 6.92 Å². The summed E-state index contributed by atoms with van der Waals surface area (Å²) >= 11 is 6.38. The van der Waals surface area contributed by atoms with Crippen molar-refractivity contribution >= 4 is 37.8 Å². The Morgan fingerprint density at radius 1 is 1.32 bits per heavy atom. The average Bonchev–Trinajstić information content (AvgIpc) is 2.38. The zero-order valence-electron chi connectivity index (χ0n) is 9.95. The number of rotatable bonds is 4. The monoisotopic (exact) mass is 389 g/mol. The van der Waals surface area contributed by atoms with Crippen LogP contribution in [0.3, 0.4) is 0 Å². The molecule has 2 rings (SSSR count). The van der Waals surface area contributed by atoms with E-state index in [1.807, 2.05) is 6.92 Å². The molecule has 0 saturated heterocycles. The van der Waals surface area contributed by atoms with Crippen LogP contribution < -0.4 is 10.1 Å². The zero-order chi connectivity index (χ0) is 13.8. The molecule has 4 nitrogen and oxygen atoms in total. The molecule has 0 aliphatic heterocycles. The number of hydrogen-bond donors (Lipinski definition) is 1. The van der Waals surface area contributed by atoms with Crippen molar-refractivity contribution in [2.75, 3.05) is 11.9 Å². The summed E-state index contributed by atoms with van der Waals surface area (Å²) in [5.74, 6) is 0.753. The van der Waals surface area contributed by atoms with Gasteiger partial charge in [-0.15, -0.1) is 0 Å². The minimum absolute atomic E-state index is 0.327. The maximum Gasteiger partial charge on any atom is 0.238 e. The second kappa shape index (κ2) is 6.29. The van der Waals surface area contributed by atoms with Crippen molar-refractivity contribution in [1.82, 2.24) is 9.97 Å². The number of hydrogen-bond acceptors (Lipinski definition) is 4. The van der Waals surface area contributed by atoms with Crippen LogP contribution in [0.2, 0.25) is 0 Å². The van der Waals surface area contributed by atoms with Gasteiger partial charge < -0.3 is 10.1 Å². The smallest absolute Gasteiger partial charge is 0.238 e. The van der Waals surface area contributed by atoms with Crippen molar-refractivity contribution in [3.8, 4) is 11.6 Å². The van der Waals surface area contributed by atoms with E-state index in [0.29, 0.717) is 33.1 Å². The van der Waals surface area contributed by atoms with Crippen LogP contribution in [-0.2, 0) is 0 Å². The maximum atomic E-state index is 13.4. The summed E-state index contributed by atoms with van der Waals surface area (Å²) in [6.07, 6.45) is 1.58. The summed E-state index contributed by atoms with van der Waals surface area (Å²) in [6.45, 7) is 2.64. The molecule has 0 radical (unpaired) electrons. The third kappa shape index (κ3) is 3.63. The molecule has 0 fully saturated rings. The lowest BCUT2D eigenvalue weighted by Gasteiger charge is -2.08. The fraction of sp³-hybridized carbons (Fsp3) is 0.167. The number of benzene rings is 1. The number of nitrogens with one attached hydrogen (secondary N) is 1. The van der Waals surface area contributed by atoms with Gasteiger partial charge in [-0.3, -0.25) is 0 Å². The molecule has 0 unspecified atom stereocenters. The second-order valence-electron chi connectivity index (χ2n) is 3.56. The van der Waals surface area contributed by atoms with Crippen LogP contribution in [0.25, 0.3) is 0 Å². The summed E-state index contributed by atoms with van der Waals surface area (Å²) in [4.78, 5) is 8.26. The Bertz CT molecular complexity index is 595. The Balaban J connectivity index is 2.26. The van der Waals surface area contributed by atoms with Gasteiger partial charge in [0.15, 0.2) is 0 Å². The van der Waals surface area contributed by atoms with E-state index in [2.05, 4.69) is 47.1 Å². The van der Waals surface area contributed by atoms with Gasteiger partial charge in [0.25, 0.3) is 0 Å². The van der Waals surface area contributed by atoms with Crippen molar-refractivity contribution in [2.45, 2.75) is 6.92 Å². The number of nitrogens with zero attached hydrogens (tertiary/aromatic N) is 2. The molecule has 2 aromatic rings. The summed E-state index contributed by atoms with van der Waals surface area (Å²) in [5.41, 5.74) is 0. The molecule has 0 bridgehead atoms. The van der Waals surface area contributed by atoms with Gasteiger partial charge in [0, 0.05) is 12.6 Å². The summed E-state index contributed by atoms with van der Waals surface area (Å²) in [7, 11) is 0. The van der Waals surface area contributed by atoms with E-state index in [0.717, 1.165) is 0 Å². The quantitative estimate of drug-likeness (QED) is 0.842. The van der Waals surface area contributed by atoms with Crippen LogP contribution >= 0.6 is 31.9 Å². The van der Waals surface area contributed by atoms with Crippen LogP contribution in [0, 0.1) is 5.82 Å². The molecular weight excluding hydrogens is 381 g/mol. The van der Waals surface area contributed by atoms with E-state index in [4.69, 9.17) is 4.74 Å². The molecule has 1 N–H and O–H groups in total. The highest BCUT2D eigenvalue weighted by Crippen LogP contribution is 2.29. The fourth-order valence-electron chi connectivity index (χ4n) is 1.32. The number of anilines is 1. The SMILES string of the molecule is CCNc1ncc(Br)c(Oc2ccc(Br)c(F)c2)n1. The number of halogens is 3. The average molecular weight is 391 g/mol. The molecule has 1 heterocycles. The van der Waals surface area contributed by atoms with Crippen LogP contribution in [0.15, 0.2) is 33.3 Å². The maximum absolute atomic E-state index is 13.4. The Labute approximate surface area is 126 Å². The Kier molecular flexibility index (Phi) is 4.71. The second-order valence-corrected chi connectivity index (χ2v) is 5.26. The predicted octanol–water partition coefficient (Wildman–Crippen LogP) is 4.36. The van der Waals surface area contributed by atoms with E-state index in [1.165, 1.54) is 6.07 Å². The molecule has 1 aromatic heterocycles. The molecule has 100 valence electrons. The Morgan fingerprint density at radius 3 is 2.79 bits per heavy atom. The topological polar surface area (TPSA) is 47.0 Å². The highest BCUT2D eigenvalue weighted by Gasteiger charge is 2.09. The minimum Gasteiger partial charge on any atom is -0.438 e. The van der Waals surface area contributed by atoms with E-state index < -0.39 is 5.82 Å². The van der Waals surface area contributed by atoms with Crippen molar-refractivity contribution in [3.05, 3.63) is 39.2 Å². The zero-order valence-corrected chi connectivity index (χ0v) is 13.1. The summed E-state index contributed by atoms with van der Waals surface area (Å²) in [5, 5.41) is 2.98. The Morgan fingerprint density at radius 2 is 2.11 bits per heavy atom. The molecule has 0 amide bonds. The molecule has 7 heteroatoms. The molecule has 1 aromatic carbocycles. The standard InChI is InChI=1S/C12H10Br2FN3O/c1-2-16-12-17-6-9(14)11(18-12)19-7-3-4-8(13)10(15)5-7/h3-6H,2H2,1H3,(H,16,17,18). The largest absolute Gasteiger partial charge is 0.438 e. The molecule has 0 aliphatic rings. The lowest BCUT2D eigenvalue weighted by atomic mass is 10.3. The summed E-state index contributed by atoms with van der Waals surface area (Å²) in [6, 6.07) is 4.51. The van der Waals surface area contributed by atoms with Gasteiger partial charge in [0.05, 0.1) is 15.1 Å². The van der Waals surface area contributed by atoms with Crippen molar-refractivity contribution in [2.24, 2.45) is 0 Å². The van der Waals surface area contributed by atoms with Gasteiger partial charge in [0.2, 0.25) is 11.8 Å². The van der Waals surface area contributed by atoms with E-state index in [1.54, 1.807) is 18.3 Å². The van der Waals surface area contributed by atoms with Gasteiger partial charge in [-0.05, 0) is 50.9 Å². The molecule has 19 heavy (non-hydrogen) atoms. The first-order valence-corrected chi connectivity index (χ1v) is 7.08. The van der Waals surface area contributed by atoms with E-state index in [9.17, 15) is 4.39 Å². The van der Waals surface area contributed by atoms with E-state index in [-0.39, 0.29) is 0 Å². The lowest BCUT2D eigenvalue weighted by Crippen LogP contribution is -2.03. The first-order chi connectivity index (χ1) is 9.10. The molecule has 0 saturated carbocycles. The van der Waals surface area contributed by atoms with Crippen LogP contribution in [0.4, 0.5) is 10.3 Å². The van der Waals surface area contributed by atoms with Gasteiger partial charge in [-0.1, -0.05) is 0 Å². The molecule has 0 spiro atoms. The van der Waals surface area contributed by atoms with Gasteiger partial charge >= 0.3 is 0 Å². The predicted molar refractivity (Wildman–Crippen MR) is 78.1 cm³/mol. The highest BCUT2D eigenvalue weighted by atomic mass is 79.9. The molecule has 0 aliphatic carbocycles. The molecular formula is C12H10Br2FN3O. The Hall–Kier alpha value is -1.21. The van der Waals surface area contributed by atoms with Crippen LogP contribution in [0.5, 0.6) is 11.6 Å². The van der Waals surface area contributed by atoms with Gasteiger partial charge in [-0.25, -0.2) is 9.37 Å². The minimum atomic E-state index is -0.394. The van der Waals surface area contributed by atoms with Crippen LogP contribution in [-0.4, -0.2) is 16.5 Å². The van der Waals surface area contributed by atoms with Crippen molar-refractivity contribution in [3.63, 3.8) is 0 Å². The van der Waals surface area contributed by atoms with Gasteiger partial charge in [0.1, 0.15) is 11.6 Å². The van der Waals surface area contributed by atoms with Crippen molar-refractivity contribution in [1.29, 1.82) is 0 Å². The normalized spacial score (nSPS) is 10.3. The number of aromatic nitrogens is 2. The fourth-order valence-corrected chi connectivity index (χ4v) is 1.84. The third-order valence-electron chi connectivity index (χ3n) is 2.15. The number of ether oxygens (including phenoxy) is 1. The third-order valence-corrected chi connectivity index (χ3v) is 3.34. The first-order valence-electron chi connectivity index (χ1n) is 5.49. The van der Waals surface area contributed by atoms with Gasteiger partial charge in [-0.2, -0.15) is 4.98 Å². The highest BCUT2D eigenvalue weighted by molar-refractivity contribution is 9.10.